The van der Waals surface area contributed by atoms with Gasteiger partial charge in [0, 0.05) is 22.3 Å². The van der Waals surface area contributed by atoms with Gasteiger partial charge in [-0.15, -0.1) is 0 Å². The van der Waals surface area contributed by atoms with E-state index >= 15 is 0 Å². The second-order valence-corrected chi connectivity index (χ2v) is 5.22. The maximum atomic E-state index is 11.2. The van der Waals surface area contributed by atoms with Crippen LogP contribution < -0.4 is 5.73 Å². The minimum atomic E-state index is -0.616. The Hall–Kier alpha value is 0.110. The van der Waals surface area contributed by atoms with Crippen molar-refractivity contribution in [1.29, 1.82) is 0 Å². The number of hydrogen-bond acceptors (Lipinski definition) is 2. The Balaban J connectivity index is 3.20. The highest BCUT2D eigenvalue weighted by Crippen LogP contribution is 2.04. The quantitative estimate of drug-likeness (QED) is 0.663. The summed E-state index contributed by atoms with van der Waals surface area (Å²) < 4.78 is 11.2. The van der Waals surface area contributed by atoms with E-state index < -0.39 is 10.8 Å². The van der Waals surface area contributed by atoms with Crippen LogP contribution in [0.4, 0.5) is 0 Å². The first-order chi connectivity index (χ1) is 5.66. The SMILES string of the molecule is CC(C)CCCS(=O)CCCN. The van der Waals surface area contributed by atoms with Crippen LogP contribution in [0, 0.1) is 5.92 Å². The van der Waals surface area contributed by atoms with Crippen molar-refractivity contribution in [3.8, 4) is 0 Å². The highest BCUT2D eigenvalue weighted by molar-refractivity contribution is 7.84. The van der Waals surface area contributed by atoms with Gasteiger partial charge < -0.3 is 5.73 Å². The van der Waals surface area contributed by atoms with Crippen molar-refractivity contribution in [3.05, 3.63) is 0 Å². The van der Waals surface area contributed by atoms with Gasteiger partial charge in [0.05, 0.1) is 0 Å². The molecule has 12 heavy (non-hydrogen) atoms. The Morgan fingerprint density at radius 2 is 1.83 bits per heavy atom. The number of nitrogens with two attached hydrogens (primary N) is 1. The predicted octanol–water partition coefficient (Wildman–Crippen LogP) is 1.52. The van der Waals surface area contributed by atoms with Crippen molar-refractivity contribution in [1.82, 2.24) is 0 Å². The third kappa shape index (κ3) is 8.21. The molecule has 0 amide bonds. The molecule has 0 aliphatic rings. The first-order valence-electron chi connectivity index (χ1n) is 4.72. The Morgan fingerprint density at radius 3 is 2.33 bits per heavy atom. The Kier molecular flexibility index (Phi) is 7.81. The van der Waals surface area contributed by atoms with Crippen LogP contribution in [0.25, 0.3) is 0 Å². The highest BCUT2D eigenvalue weighted by Gasteiger charge is 1.99. The van der Waals surface area contributed by atoms with Gasteiger partial charge in [-0.1, -0.05) is 20.3 Å². The molecule has 1 unspecified atom stereocenters. The topological polar surface area (TPSA) is 43.1 Å². The van der Waals surface area contributed by atoms with E-state index in [1.165, 1.54) is 6.42 Å². The summed E-state index contributed by atoms with van der Waals surface area (Å²) in [5, 5.41) is 0. The van der Waals surface area contributed by atoms with Crippen molar-refractivity contribution in [2.45, 2.75) is 33.1 Å². The Bertz CT molecular complexity index is 126. The lowest BCUT2D eigenvalue weighted by atomic mass is 10.1. The lowest BCUT2D eigenvalue weighted by Crippen LogP contribution is -2.08. The Morgan fingerprint density at radius 1 is 1.25 bits per heavy atom. The van der Waals surface area contributed by atoms with E-state index in [1.54, 1.807) is 0 Å². The van der Waals surface area contributed by atoms with Gasteiger partial charge in [-0.05, 0) is 25.3 Å². The summed E-state index contributed by atoms with van der Waals surface area (Å²) in [6.45, 7) is 5.06. The summed E-state index contributed by atoms with van der Waals surface area (Å²) in [7, 11) is -0.616. The fourth-order valence-corrected chi connectivity index (χ4v) is 2.18. The molecule has 0 rings (SSSR count). The molecule has 0 fully saturated rings. The molecule has 0 aromatic carbocycles. The van der Waals surface area contributed by atoms with E-state index in [0.29, 0.717) is 6.54 Å². The zero-order valence-corrected chi connectivity index (χ0v) is 9.03. The molecule has 0 spiro atoms. The van der Waals surface area contributed by atoms with Crippen LogP contribution >= 0.6 is 0 Å². The molecular weight excluding hydrogens is 170 g/mol. The van der Waals surface area contributed by atoms with Gasteiger partial charge in [-0.2, -0.15) is 0 Å². The van der Waals surface area contributed by atoms with Crippen LogP contribution in [0.1, 0.15) is 33.1 Å². The van der Waals surface area contributed by atoms with Crippen LogP contribution in [0.2, 0.25) is 0 Å². The van der Waals surface area contributed by atoms with Gasteiger partial charge in [0.15, 0.2) is 0 Å². The average molecular weight is 191 g/mol. The normalized spacial score (nSPS) is 13.7. The summed E-state index contributed by atoms with van der Waals surface area (Å²) >= 11 is 0. The molecule has 0 aromatic heterocycles. The van der Waals surface area contributed by atoms with Crippen molar-refractivity contribution >= 4 is 10.8 Å². The third-order valence-corrected chi connectivity index (χ3v) is 3.22. The second-order valence-electron chi connectivity index (χ2n) is 3.53. The minimum absolute atomic E-state index is 0.616. The van der Waals surface area contributed by atoms with Gasteiger partial charge >= 0.3 is 0 Å². The summed E-state index contributed by atoms with van der Waals surface area (Å²) in [5.74, 6) is 2.38. The smallest absolute Gasteiger partial charge is 0.0246 e. The fraction of sp³-hybridized carbons (Fsp3) is 1.00. The zero-order valence-electron chi connectivity index (χ0n) is 8.21. The van der Waals surface area contributed by atoms with E-state index in [4.69, 9.17) is 5.73 Å². The van der Waals surface area contributed by atoms with E-state index in [0.717, 1.165) is 30.3 Å². The highest BCUT2D eigenvalue weighted by atomic mass is 32.2. The number of hydrogen-bond donors (Lipinski definition) is 1. The minimum Gasteiger partial charge on any atom is -0.330 e. The lowest BCUT2D eigenvalue weighted by molar-refractivity contribution is 0.575. The van der Waals surface area contributed by atoms with Crippen LogP contribution in [-0.2, 0) is 10.8 Å². The summed E-state index contributed by atoms with van der Waals surface area (Å²) in [5.41, 5.74) is 5.32. The Labute approximate surface area is 78.4 Å². The fourth-order valence-electron chi connectivity index (χ4n) is 0.999. The maximum absolute atomic E-state index is 11.2. The van der Waals surface area contributed by atoms with Gasteiger partial charge in [0.1, 0.15) is 0 Å². The predicted molar refractivity (Wildman–Crippen MR) is 55.6 cm³/mol. The van der Waals surface area contributed by atoms with Gasteiger partial charge in [-0.25, -0.2) is 0 Å². The van der Waals surface area contributed by atoms with Crippen molar-refractivity contribution in [2.75, 3.05) is 18.1 Å². The van der Waals surface area contributed by atoms with E-state index in [1.807, 2.05) is 0 Å². The zero-order chi connectivity index (χ0) is 9.40. The molecule has 2 nitrogen and oxygen atoms in total. The maximum Gasteiger partial charge on any atom is 0.0246 e. The molecular formula is C9H21NOS. The molecule has 0 aliphatic carbocycles. The molecule has 0 saturated heterocycles. The standard InChI is InChI=1S/C9H21NOS/c1-9(2)5-3-7-12(11)8-4-6-10/h9H,3-8,10H2,1-2H3. The molecule has 0 bridgehead atoms. The van der Waals surface area contributed by atoms with Crippen LogP contribution in [0.5, 0.6) is 0 Å². The first kappa shape index (κ1) is 12.1. The monoisotopic (exact) mass is 191 g/mol. The molecule has 0 heterocycles. The molecule has 0 aromatic rings. The average Bonchev–Trinajstić information content (AvgIpc) is 2.00. The molecule has 0 saturated carbocycles. The van der Waals surface area contributed by atoms with Crippen molar-refractivity contribution in [3.63, 3.8) is 0 Å². The van der Waals surface area contributed by atoms with E-state index in [-0.39, 0.29) is 0 Å². The molecule has 2 N–H and O–H groups in total. The van der Waals surface area contributed by atoms with Crippen LogP contribution in [0.15, 0.2) is 0 Å². The molecule has 0 radical (unpaired) electrons. The molecule has 74 valence electrons. The van der Waals surface area contributed by atoms with Gasteiger partial charge in [-0.3, -0.25) is 4.21 Å². The summed E-state index contributed by atoms with van der Waals surface area (Å²) in [4.78, 5) is 0. The van der Waals surface area contributed by atoms with E-state index in [2.05, 4.69) is 13.8 Å². The summed E-state index contributed by atoms with van der Waals surface area (Å²) in [6, 6.07) is 0. The van der Waals surface area contributed by atoms with Crippen LogP contribution in [0.3, 0.4) is 0 Å². The molecule has 1 atom stereocenters. The largest absolute Gasteiger partial charge is 0.330 e. The van der Waals surface area contributed by atoms with Crippen LogP contribution in [-0.4, -0.2) is 22.3 Å². The van der Waals surface area contributed by atoms with Gasteiger partial charge in [0.25, 0.3) is 0 Å². The van der Waals surface area contributed by atoms with Crippen molar-refractivity contribution in [2.24, 2.45) is 11.7 Å². The van der Waals surface area contributed by atoms with Crippen molar-refractivity contribution < 1.29 is 4.21 Å². The van der Waals surface area contributed by atoms with E-state index in [9.17, 15) is 4.21 Å². The molecule has 0 aliphatic heterocycles. The second kappa shape index (κ2) is 7.74. The molecule has 3 heteroatoms. The number of rotatable bonds is 7. The lowest BCUT2D eigenvalue weighted by Gasteiger charge is -2.03. The third-order valence-electron chi connectivity index (χ3n) is 1.73. The van der Waals surface area contributed by atoms with Gasteiger partial charge in [0.2, 0.25) is 0 Å². The summed E-state index contributed by atoms with van der Waals surface area (Å²) in [6.07, 6.45) is 3.18. The first-order valence-corrected chi connectivity index (χ1v) is 6.20.